The lowest BCUT2D eigenvalue weighted by molar-refractivity contribution is -0.147. The number of nitrogens with one attached hydrogen (secondary N) is 1. The highest BCUT2D eigenvalue weighted by atomic mass is 79.9. The standard InChI is InChI=1S/C14H15BrN2O4/c1-3-21-11(18)8-17-12(19)14(2,16-13(17)20)9-4-6-10(15)7-5-9/h4-7H,3,8H2,1-2H3,(H,16,20)/t14-/m1/s1. The van der Waals surface area contributed by atoms with Gasteiger partial charge in [-0.2, -0.15) is 0 Å². The first-order valence-corrected chi connectivity index (χ1v) is 7.23. The van der Waals surface area contributed by atoms with Gasteiger partial charge in [-0.1, -0.05) is 28.1 Å². The number of benzene rings is 1. The third-order valence-corrected chi connectivity index (χ3v) is 3.82. The SMILES string of the molecule is CCOC(=O)CN1C(=O)N[C@](C)(c2ccc(Br)cc2)C1=O. The summed E-state index contributed by atoms with van der Waals surface area (Å²) in [5.74, 6) is -1.08. The molecule has 0 bridgehead atoms. The molecule has 21 heavy (non-hydrogen) atoms. The number of ether oxygens (including phenoxy) is 1. The Morgan fingerprint density at radius 1 is 1.33 bits per heavy atom. The summed E-state index contributed by atoms with van der Waals surface area (Å²) < 4.78 is 5.64. The molecule has 2 rings (SSSR count). The van der Waals surface area contributed by atoms with Crippen LogP contribution in [0.5, 0.6) is 0 Å². The highest BCUT2D eigenvalue weighted by Crippen LogP contribution is 2.29. The monoisotopic (exact) mass is 354 g/mol. The zero-order chi connectivity index (χ0) is 15.6. The van der Waals surface area contributed by atoms with Gasteiger partial charge in [-0.25, -0.2) is 4.79 Å². The first kappa shape index (κ1) is 15.5. The molecule has 1 saturated heterocycles. The molecule has 7 heteroatoms. The van der Waals surface area contributed by atoms with Crippen molar-refractivity contribution in [3.63, 3.8) is 0 Å². The predicted octanol–water partition coefficient (Wildman–Crippen LogP) is 1.78. The van der Waals surface area contributed by atoms with Gasteiger partial charge in [0.2, 0.25) is 0 Å². The molecule has 0 radical (unpaired) electrons. The fourth-order valence-corrected chi connectivity index (χ4v) is 2.42. The highest BCUT2D eigenvalue weighted by Gasteiger charge is 2.49. The summed E-state index contributed by atoms with van der Waals surface area (Å²) in [5.41, 5.74) is -0.528. The zero-order valence-corrected chi connectivity index (χ0v) is 13.3. The van der Waals surface area contributed by atoms with Crippen molar-refractivity contribution in [1.29, 1.82) is 0 Å². The largest absolute Gasteiger partial charge is 0.465 e. The lowest BCUT2D eigenvalue weighted by Crippen LogP contribution is -2.41. The van der Waals surface area contributed by atoms with E-state index >= 15 is 0 Å². The fraction of sp³-hybridized carbons (Fsp3) is 0.357. The third-order valence-electron chi connectivity index (χ3n) is 3.29. The summed E-state index contributed by atoms with van der Waals surface area (Å²) in [6, 6.07) is 6.47. The van der Waals surface area contributed by atoms with Crippen LogP contribution in [0, 0.1) is 0 Å². The van der Waals surface area contributed by atoms with Crippen molar-refractivity contribution in [3.8, 4) is 0 Å². The minimum absolute atomic E-state index is 0.201. The maximum Gasteiger partial charge on any atom is 0.326 e. The summed E-state index contributed by atoms with van der Waals surface area (Å²) in [5, 5.41) is 2.63. The molecule has 6 nitrogen and oxygen atoms in total. The Hall–Kier alpha value is -1.89. The van der Waals surface area contributed by atoms with Crippen molar-refractivity contribution < 1.29 is 19.1 Å². The van der Waals surface area contributed by atoms with Crippen molar-refractivity contribution in [3.05, 3.63) is 34.3 Å². The lowest BCUT2D eigenvalue weighted by Gasteiger charge is -2.22. The van der Waals surface area contributed by atoms with Crippen LogP contribution in [0.3, 0.4) is 0 Å². The van der Waals surface area contributed by atoms with Crippen molar-refractivity contribution in [2.24, 2.45) is 0 Å². The van der Waals surface area contributed by atoms with Crippen LogP contribution in [0.25, 0.3) is 0 Å². The number of halogens is 1. The fourth-order valence-electron chi connectivity index (χ4n) is 2.16. The van der Waals surface area contributed by atoms with Gasteiger partial charge in [0.25, 0.3) is 5.91 Å². The summed E-state index contributed by atoms with van der Waals surface area (Å²) in [6.07, 6.45) is 0. The van der Waals surface area contributed by atoms with E-state index < -0.39 is 23.4 Å². The minimum Gasteiger partial charge on any atom is -0.465 e. The smallest absolute Gasteiger partial charge is 0.326 e. The Kier molecular flexibility index (Phi) is 4.32. The average molecular weight is 355 g/mol. The maximum atomic E-state index is 12.5. The van der Waals surface area contributed by atoms with Gasteiger partial charge in [-0.15, -0.1) is 0 Å². The van der Waals surface area contributed by atoms with E-state index in [2.05, 4.69) is 21.2 Å². The van der Waals surface area contributed by atoms with Crippen LogP contribution >= 0.6 is 15.9 Å². The van der Waals surface area contributed by atoms with Gasteiger partial charge in [0, 0.05) is 4.47 Å². The molecule has 1 N–H and O–H groups in total. The Labute approximate surface area is 130 Å². The van der Waals surface area contributed by atoms with Crippen molar-refractivity contribution in [1.82, 2.24) is 10.2 Å². The van der Waals surface area contributed by atoms with E-state index in [-0.39, 0.29) is 13.2 Å². The first-order chi connectivity index (χ1) is 9.88. The number of imide groups is 1. The summed E-state index contributed by atoms with van der Waals surface area (Å²) in [4.78, 5) is 36.8. The van der Waals surface area contributed by atoms with Gasteiger partial charge in [0.1, 0.15) is 12.1 Å². The van der Waals surface area contributed by atoms with Gasteiger partial charge in [0.15, 0.2) is 0 Å². The number of carbonyl (C=O) groups is 3. The van der Waals surface area contributed by atoms with Crippen molar-refractivity contribution in [2.45, 2.75) is 19.4 Å². The number of hydrogen-bond acceptors (Lipinski definition) is 4. The van der Waals surface area contributed by atoms with Crippen LogP contribution < -0.4 is 5.32 Å². The van der Waals surface area contributed by atoms with E-state index in [1.807, 2.05) is 0 Å². The van der Waals surface area contributed by atoms with E-state index in [1.165, 1.54) is 0 Å². The average Bonchev–Trinajstić information content (AvgIpc) is 2.64. The minimum atomic E-state index is -1.18. The van der Waals surface area contributed by atoms with Crippen LogP contribution in [0.15, 0.2) is 28.7 Å². The molecule has 0 aliphatic carbocycles. The zero-order valence-electron chi connectivity index (χ0n) is 11.7. The number of amides is 3. The van der Waals surface area contributed by atoms with Gasteiger partial charge in [0.05, 0.1) is 6.61 Å². The lowest BCUT2D eigenvalue weighted by atomic mass is 9.92. The van der Waals surface area contributed by atoms with E-state index in [4.69, 9.17) is 4.74 Å². The Morgan fingerprint density at radius 2 is 1.95 bits per heavy atom. The first-order valence-electron chi connectivity index (χ1n) is 6.44. The molecule has 1 aliphatic heterocycles. The topological polar surface area (TPSA) is 75.7 Å². The Balaban J connectivity index is 2.24. The van der Waals surface area contributed by atoms with E-state index in [0.29, 0.717) is 5.56 Å². The van der Waals surface area contributed by atoms with Gasteiger partial charge in [-0.3, -0.25) is 14.5 Å². The molecule has 0 aromatic heterocycles. The molecule has 0 spiro atoms. The van der Waals surface area contributed by atoms with Gasteiger partial charge < -0.3 is 10.1 Å². The van der Waals surface area contributed by atoms with Crippen LogP contribution in [-0.2, 0) is 19.9 Å². The maximum absolute atomic E-state index is 12.5. The predicted molar refractivity (Wildman–Crippen MR) is 78.4 cm³/mol. The number of carbonyl (C=O) groups excluding carboxylic acids is 3. The molecular weight excluding hydrogens is 340 g/mol. The Bertz CT molecular complexity index is 587. The normalized spacial score (nSPS) is 21.4. The molecule has 1 fully saturated rings. The molecule has 0 saturated carbocycles. The van der Waals surface area contributed by atoms with Crippen LogP contribution in [-0.4, -0.2) is 36.0 Å². The molecule has 1 aromatic carbocycles. The molecule has 112 valence electrons. The summed E-state index contributed by atoms with van der Waals surface area (Å²) >= 11 is 3.32. The molecule has 1 heterocycles. The number of esters is 1. The van der Waals surface area contributed by atoms with Gasteiger partial charge >= 0.3 is 12.0 Å². The summed E-state index contributed by atoms with van der Waals surface area (Å²) in [7, 11) is 0. The molecule has 1 atom stereocenters. The quantitative estimate of drug-likeness (QED) is 0.660. The number of rotatable bonds is 4. The molecule has 1 aromatic rings. The second-order valence-electron chi connectivity index (χ2n) is 4.76. The summed E-state index contributed by atoms with van der Waals surface area (Å²) in [6.45, 7) is 3.09. The number of hydrogen-bond donors (Lipinski definition) is 1. The van der Waals surface area contributed by atoms with Crippen LogP contribution in [0.2, 0.25) is 0 Å². The third kappa shape index (κ3) is 2.92. The molecule has 3 amide bonds. The number of nitrogens with zero attached hydrogens (tertiary/aromatic N) is 1. The van der Waals surface area contributed by atoms with Crippen LogP contribution in [0.1, 0.15) is 19.4 Å². The number of urea groups is 1. The van der Waals surface area contributed by atoms with Crippen LogP contribution in [0.4, 0.5) is 4.79 Å². The Morgan fingerprint density at radius 3 is 2.52 bits per heavy atom. The molecule has 0 unspecified atom stereocenters. The highest BCUT2D eigenvalue weighted by molar-refractivity contribution is 9.10. The van der Waals surface area contributed by atoms with Crippen molar-refractivity contribution >= 4 is 33.8 Å². The second kappa shape index (κ2) is 5.85. The van der Waals surface area contributed by atoms with E-state index in [1.54, 1.807) is 38.1 Å². The van der Waals surface area contributed by atoms with E-state index in [9.17, 15) is 14.4 Å². The van der Waals surface area contributed by atoms with E-state index in [0.717, 1.165) is 9.37 Å². The molecular formula is C14H15BrN2O4. The van der Waals surface area contributed by atoms with Crippen molar-refractivity contribution in [2.75, 3.05) is 13.2 Å². The molecule has 1 aliphatic rings. The second-order valence-corrected chi connectivity index (χ2v) is 5.67. The van der Waals surface area contributed by atoms with Gasteiger partial charge in [-0.05, 0) is 31.5 Å².